The van der Waals surface area contributed by atoms with Crippen LogP contribution in [-0.2, 0) is 13.1 Å². The van der Waals surface area contributed by atoms with E-state index >= 15 is 0 Å². The predicted molar refractivity (Wildman–Crippen MR) is 69.1 cm³/mol. The van der Waals surface area contributed by atoms with Crippen LogP contribution in [0.2, 0.25) is 0 Å². The van der Waals surface area contributed by atoms with Gasteiger partial charge in [-0.1, -0.05) is 0 Å². The van der Waals surface area contributed by atoms with Gasteiger partial charge >= 0.3 is 0 Å². The number of hydrogen-bond acceptors (Lipinski definition) is 6. The molecule has 0 unspecified atom stereocenters. The van der Waals surface area contributed by atoms with Gasteiger partial charge in [-0.2, -0.15) is 0 Å². The van der Waals surface area contributed by atoms with Gasteiger partial charge in [-0.25, -0.2) is 4.98 Å². The van der Waals surface area contributed by atoms with Crippen molar-refractivity contribution in [3.05, 3.63) is 27.7 Å². The molecule has 1 N–H and O–H groups in total. The lowest BCUT2D eigenvalue weighted by Crippen LogP contribution is -2.10. The lowest BCUT2D eigenvalue weighted by molar-refractivity contribution is 0.707. The minimum atomic E-state index is 0.864. The van der Waals surface area contributed by atoms with E-state index in [0.29, 0.717) is 0 Å². The van der Waals surface area contributed by atoms with Crippen LogP contribution < -0.4 is 10.2 Å². The fourth-order valence-electron chi connectivity index (χ4n) is 1.22. The van der Waals surface area contributed by atoms with Crippen molar-refractivity contribution in [2.75, 3.05) is 19.0 Å². The zero-order valence-electron chi connectivity index (χ0n) is 9.30. The van der Waals surface area contributed by atoms with Gasteiger partial charge in [0.05, 0.1) is 5.51 Å². The molecule has 0 saturated carbocycles. The summed E-state index contributed by atoms with van der Waals surface area (Å²) in [6, 6.07) is 0. The van der Waals surface area contributed by atoms with Crippen molar-refractivity contribution >= 4 is 27.8 Å². The van der Waals surface area contributed by atoms with Gasteiger partial charge in [-0.05, 0) is 0 Å². The summed E-state index contributed by atoms with van der Waals surface area (Å²) < 4.78 is 0. The number of aromatic nitrogens is 2. The highest BCUT2D eigenvalue weighted by Gasteiger charge is 2.03. The largest absolute Gasteiger partial charge is 0.354 e. The third-order valence-electron chi connectivity index (χ3n) is 2.01. The molecule has 0 aliphatic heterocycles. The minimum Gasteiger partial charge on any atom is -0.354 e. The normalized spacial score (nSPS) is 10.6. The summed E-state index contributed by atoms with van der Waals surface area (Å²) in [6.45, 7) is 1.74. The Balaban J connectivity index is 1.81. The maximum Gasteiger partial charge on any atom is 0.185 e. The topological polar surface area (TPSA) is 41.1 Å². The van der Waals surface area contributed by atoms with Crippen molar-refractivity contribution in [3.63, 3.8) is 0 Å². The number of anilines is 1. The molecule has 0 aliphatic carbocycles. The molecule has 0 saturated heterocycles. The van der Waals surface area contributed by atoms with E-state index in [-0.39, 0.29) is 0 Å². The van der Waals surface area contributed by atoms with Gasteiger partial charge < -0.3 is 10.2 Å². The van der Waals surface area contributed by atoms with Crippen LogP contribution >= 0.6 is 22.7 Å². The summed E-state index contributed by atoms with van der Waals surface area (Å²) in [5.74, 6) is 0. The second kappa shape index (κ2) is 5.38. The second-order valence-corrected chi connectivity index (χ2v) is 5.64. The van der Waals surface area contributed by atoms with E-state index in [1.807, 2.05) is 36.9 Å². The number of nitrogens with zero attached hydrogens (tertiary/aromatic N) is 3. The predicted octanol–water partition coefficient (Wildman–Crippen LogP) is 1.96. The smallest absolute Gasteiger partial charge is 0.185 e. The molecule has 0 aromatic carbocycles. The number of hydrogen-bond donors (Lipinski definition) is 1. The van der Waals surface area contributed by atoms with E-state index in [4.69, 9.17) is 0 Å². The molecule has 4 nitrogen and oxygen atoms in total. The molecule has 0 radical (unpaired) electrons. The minimum absolute atomic E-state index is 0.864. The van der Waals surface area contributed by atoms with E-state index in [9.17, 15) is 0 Å². The second-order valence-electron chi connectivity index (χ2n) is 3.57. The van der Waals surface area contributed by atoms with E-state index < -0.39 is 0 Å². The van der Waals surface area contributed by atoms with Gasteiger partial charge in [-0.3, -0.25) is 4.98 Å². The molecule has 2 aromatic rings. The lowest BCUT2D eigenvalue weighted by atomic mass is 10.5. The Kier molecular flexibility index (Phi) is 3.87. The van der Waals surface area contributed by atoms with Gasteiger partial charge in [0.15, 0.2) is 5.13 Å². The van der Waals surface area contributed by atoms with Crippen LogP contribution in [0, 0.1) is 0 Å². The van der Waals surface area contributed by atoms with Crippen LogP contribution in [0.1, 0.15) is 9.75 Å². The Morgan fingerprint density at radius 3 is 2.69 bits per heavy atom. The Morgan fingerprint density at radius 1 is 1.25 bits per heavy atom. The number of nitrogens with one attached hydrogen (secondary N) is 1. The van der Waals surface area contributed by atoms with Gasteiger partial charge in [0.25, 0.3) is 0 Å². The molecule has 0 atom stereocenters. The fourth-order valence-corrected chi connectivity index (χ4v) is 2.59. The Labute approximate surface area is 103 Å². The van der Waals surface area contributed by atoms with Gasteiger partial charge in [0, 0.05) is 49.3 Å². The van der Waals surface area contributed by atoms with Crippen LogP contribution in [0.25, 0.3) is 0 Å². The van der Waals surface area contributed by atoms with E-state index in [2.05, 4.69) is 15.3 Å². The summed E-state index contributed by atoms with van der Waals surface area (Å²) in [4.78, 5) is 12.9. The number of thiazole rings is 2. The molecule has 0 bridgehead atoms. The monoisotopic (exact) mass is 254 g/mol. The first-order chi connectivity index (χ1) is 7.75. The van der Waals surface area contributed by atoms with Crippen LogP contribution in [0.3, 0.4) is 0 Å². The summed E-state index contributed by atoms with van der Waals surface area (Å²) in [5, 5.41) is 4.43. The first-order valence-electron chi connectivity index (χ1n) is 4.96. The van der Waals surface area contributed by atoms with Crippen molar-refractivity contribution in [2.24, 2.45) is 0 Å². The Morgan fingerprint density at radius 2 is 2.06 bits per heavy atom. The van der Waals surface area contributed by atoms with E-state index in [1.54, 1.807) is 22.7 Å². The maximum absolute atomic E-state index is 4.33. The molecule has 6 heteroatoms. The van der Waals surface area contributed by atoms with Gasteiger partial charge in [0.2, 0.25) is 0 Å². The molecule has 0 amide bonds. The Bertz CT molecular complexity index is 422. The highest BCUT2D eigenvalue weighted by molar-refractivity contribution is 7.15. The SMILES string of the molecule is CN(C)c1ncc(CNCc2cncs2)s1. The van der Waals surface area contributed by atoms with Gasteiger partial charge in [0.1, 0.15) is 0 Å². The highest BCUT2D eigenvalue weighted by atomic mass is 32.1. The molecular weight excluding hydrogens is 240 g/mol. The van der Waals surface area contributed by atoms with Crippen molar-refractivity contribution in [1.29, 1.82) is 0 Å². The van der Waals surface area contributed by atoms with Crippen LogP contribution in [0.5, 0.6) is 0 Å². The quantitative estimate of drug-likeness (QED) is 0.885. The van der Waals surface area contributed by atoms with E-state index in [1.165, 1.54) is 9.75 Å². The molecule has 16 heavy (non-hydrogen) atoms. The lowest BCUT2D eigenvalue weighted by Gasteiger charge is -2.05. The first kappa shape index (κ1) is 11.5. The van der Waals surface area contributed by atoms with Crippen molar-refractivity contribution in [2.45, 2.75) is 13.1 Å². The van der Waals surface area contributed by atoms with Crippen molar-refractivity contribution in [1.82, 2.24) is 15.3 Å². The molecule has 0 spiro atoms. The van der Waals surface area contributed by atoms with Crippen LogP contribution in [0.15, 0.2) is 17.9 Å². The molecule has 2 rings (SSSR count). The molecule has 86 valence electrons. The van der Waals surface area contributed by atoms with Gasteiger partial charge in [-0.15, -0.1) is 22.7 Å². The summed E-state index contributed by atoms with van der Waals surface area (Å²) in [6.07, 6.45) is 3.83. The summed E-state index contributed by atoms with van der Waals surface area (Å²) in [5.41, 5.74) is 1.86. The maximum atomic E-state index is 4.33. The zero-order chi connectivity index (χ0) is 11.4. The van der Waals surface area contributed by atoms with Crippen LogP contribution in [-0.4, -0.2) is 24.1 Å². The average Bonchev–Trinajstić information content (AvgIpc) is 2.87. The third kappa shape index (κ3) is 3.01. The fraction of sp³-hybridized carbons (Fsp3) is 0.400. The standard InChI is InChI=1S/C10H14N4S2/c1-14(2)10-13-6-9(16-10)5-11-3-8-4-12-7-15-8/h4,6-7,11H,3,5H2,1-2H3. The van der Waals surface area contributed by atoms with Crippen LogP contribution in [0.4, 0.5) is 5.13 Å². The van der Waals surface area contributed by atoms with Crippen molar-refractivity contribution < 1.29 is 0 Å². The Hall–Kier alpha value is -0.980. The highest BCUT2D eigenvalue weighted by Crippen LogP contribution is 2.20. The average molecular weight is 254 g/mol. The molecule has 2 aromatic heterocycles. The molecule has 0 aliphatic rings. The molecule has 2 heterocycles. The summed E-state index contributed by atoms with van der Waals surface area (Å²) >= 11 is 3.39. The molecule has 0 fully saturated rings. The zero-order valence-corrected chi connectivity index (χ0v) is 10.9. The summed E-state index contributed by atoms with van der Waals surface area (Å²) in [7, 11) is 4.01. The van der Waals surface area contributed by atoms with E-state index in [0.717, 1.165) is 18.2 Å². The first-order valence-corrected chi connectivity index (χ1v) is 6.65. The number of rotatable bonds is 5. The third-order valence-corrected chi connectivity index (χ3v) is 3.95. The van der Waals surface area contributed by atoms with Crippen molar-refractivity contribution in [3.8, 4) is 0 Å². The molecular formula is C10H14N4S2.